The van der Waals surface area contributed by atoms with Gasteiger partial charge in [-0.25, -0.2) is 0 Å². The fraction of sp³-hybridized carbons (Fsp3) is 0.417. The Kier molecular flexibility index (Phi) is 5.11. The van der Waals surface area contributed by atoms with Crippen LogP contribution in [-0.4, -0.2) is 29.2 Å². The fourth-order valence-corrected chi connectivity index (χ4v) is 1.40. The van der Waals surface area contributed by atoms with E-state index in [1.165, 1.54) is 12.1 Å². The van der Waals surface area contributed by atoms with Gasteiger partial charge in [0.15, 0.2) is 0 Å². The molecule has 0 bridgehead atoms. The number of hydrogen-bond acceptors (Lipinski definition) is 5. The molecule has 0 aliphatic heterocycles. The number of nitro benzene ring substituents is 1. The van der Waals surface area contributed by atoms with Gasteiger partial charge in [0, 0.05) is 24.4 Å². The number of carboxylic acids is 1. The molecule has 0 fully saturated rings. The first-order valence-corrected chi connectivity index (χ1v) is 5.83. The molecule has 1 atom stereocenters. The van der Waals surface area contributed by atoms with E-state index in [0.29, 0.717) is 18.0 Å². The molecule has 19 heavy (non-hydrogen) atoms. The van der Waals surface area contributed by atoms with Crippen LogP contribution in [0.2, 0.25) is 0 Å². The lowest BCUT2D eigenvalue weighted by Crippen LogP contribution is -2.19. The molecule has 0 aliphatic rings. The first kappa shape index (κ1) is 14.7. The van der Waals surface area contributed by atoms with Crippen molar-refractivity contribution in [1.82, 2.24) is 0 Å². The van der Waals surface area contributed by atoms with Crippen LogP contribution >= 0.6 is 0 Å². The van der Waals surface area contributed by atoms with Crippen LogP contribution in [0.4, 0.5) is 11.4 Å². The van der Waals surface area contributed by atoms with E-state index in [4.69, 9.17) is 9.84 Å². The zero-order valence-electron chi connectivity index (χ0n) is 10.8. The molecule has 0 heterocycles. The van der Waals surface area contributed by atoms with E-state index >= 15 is 0 Å². The Morgan fingerprint density at radius 3 is 2.74 bits per heavy atom. The van der Waals surface area contributed by atoms with Gasteiger partial charge in [-0.15, -0.1) is 0 Å². The second-order valence-electron chi connectivity index (χ2n) is 4.03. The van der Waals surface area contributed by atoms with Crippen molar-refractivity contribution < 1.29 is 19.6 Å². The third kappa shape index (κ3) is 4.46. The van der Waals surface area contributed by atoms with Gasteiger partial charge in [0.2, 0.25) is 0 Å². The molecule has 0 radical (unpaired) electrons. The van der Waals surface area contributed by atoms with Crippen LogP contribution in [0.5, 0.6) is 5.75 Å². The standard InChI is InChI=1S/C12H16N2O5/c1-3-19-11-5-9(4-10(6-11)14(17)18)13-7-8(2)12(15)16/h4-6,8,13H,3,7H2,1-2H3,(H,15,16). The number of nitro groups is 1. The molecule has 0 saturated carbocycles. The summed E-state index contributed by atoms with van der Waals surface area (Å²) in [7, 11) is 0. The maximum atomic E-state index is 10.8. The van der Waals surface area contributed by atoms with Crippen LogP contribution in [0.1, 0.15) is 13.8 Å². The van der Waals surface area contributed by atoms with Crippen molar-refractivity contribution >= 4 is 17.3 Å². The lowest BCUT2D eigenvalue weighted by molar-refractivity contribution is -0.384. The Balaban J connectivity index is 2.87. The summed E-state index contributed by atoms with van der Waals surface area (Å²) in [4.78, 5) is 21.0. The predicted octanol–water partition coefficient (Wildman–Crippen LogP) is 2.13. The number of nitrogens with zero attached hydrogens (tertiary/aromatic N) is 1. The van der Waals surface area contributed by atoms with Gasteiger partial charge in [0.05, 0.1) is 23.5 Å². The Bertz CT molecular complexity index is 475. The number of non-ortho nitro benzene ring substituents is 1. The van der Waals surface area contributed by atoms with Gasteiger partial charge in [-0.2, -0.15) is 0 Å². The molecule has 1 aromatic rings. The molecule has 7 heteroatoms. The average molecular weight is 268 g/mol. The molecule has 2 N–H and O–H groups in total. The summed E-state index contributed by atoms with van der Waals surface area (Å²) >= 11 is 0. The minimum absolute atomic E-state index is 0.101. The van der Waals surface area contributed by atoms with Crippen LogP contribution < -0.4 is 10.1 Å². The molecule has 1 rings (SSSR count). The van der Waals surface area contributed by atoms with Crippen LogP contribution in [0.15, 0.2) is 18.2 Å². The van der Waals surface area contributed by atoms with E-state index in [1.807, 2.05) is 0 Å². The van der Waals surface area contributed by atoms with Gasteiger partial charge in [-0.05, 0) is 6.92 Å². The summed E-state index contributed by atoms with van der Waals surface area (Å²) in [6.45, 7) is 3.91. The van der Waals surface area contributed by atoms with E-state index in [9.17, 15) is 14.9 Å². The van der Waals surface area contributed by atoms with E-state index in [-0.39, 0.29) is 12.2 Å². The smallest absolute Gasteiger partial charge is 0.308 e. The first-order chi connectivity index (χ1) is 8.93. The lowest BCUT2D eigenvalue weighted by atomic mass is 10.2. The maximum absolute atomic E-state index is 10.8. The molecule has 1 aromatic carbocycles. The number of carbonyl (C=O) groups is 1. The Morgan fingerprint density at radius 2 is 2.21 bits per heavy atom. The quantitative estimate of drug-likeness (QED) is 0.580. The summed E-state index contributed by atoms with van der Waals surface area (Å²) < 4.78 is 5.23. The number of benzene rings is 1. The fourth-order valence-electron chi connectivity index (χ4n) is 1.40. The highest BCUT2D eigenvalue weighted by molar-refractivity contribution is 5.70. The summed E-state index contributed by atoms with van der Waals surface area (Å²) in [6.07, 6.45) is 0. The number of carboxylic acid groups (broad SMARTS) is 1. The Labute approximate surface area is 110 Å². The molecule has 0 spiro atoms. The number of aliphatic carboxylic acids is 1. The Morgan fingerprint density at radius 1 is 1.53 bits per heavy atom. The highest BCUT2D eigenvalue weighted by atomic mass is 16.6. The Hall–Kier alpha value is -2.31. The number of hydrogen-bond donors (Lipinski definition) is 2. The summed E-state index contributed by atoms with van der Waals surface area (Å²) in [6, 6.07) is 4.28. The van der Waals surface area contributed by atoms with Gasteiger partial charge >= 0.3 is 5.97 Å². The molecule has 0 aliphatic carbocycles. The van der Waals surface area contributed by atoms with Gasteiger partial charge < -0.3 is 15.2 Å². The topological polar surface area (TPSA) is 102 Å². The van der Waals surface area contributed by atoms with Crippen molar-refractivity contribution in [2.75, 3.05) is 18.5 Å². The lowest BCUT2D eigenvalue weighted by Gasteiger charge is -2.11. The van der Waals surface area contributed by atoms with Crippen molar-refractivity contribution in [2.24, 2.45) is 5.92 Å². The third-order valence-electron chi connectivity index (χ3n) is 2.45. The van der Waals surface area contributed by atoms with Crippen LogP contribution in [0, 0.1) is 16.0 Å². The van der Waals surface area contributed by atoms with Crippen molar-refractivity contribution in [3.63, 3.8) is 0 Å². The largest absolute Gasteiger partial charge is 0.494 e. The molecule has 0 amide bonds. The molecular formula is C12H16N2O5. The zero-order valence-corrected chi connectivity index (χ0v) is 10.8. The van der Waals surface area contributed by atoms with E-state index < -0.39 is 16.8 Å². The highest BCUT2D eigenvalue weighted by Crippen LogP contribution is 2.26. The second kappa shape index (κ2) is 6.58. The number of nitrogens with one attached hydrogen (secondary N) is 1. The number of ether oxygens (including phenoxy) is 1. The monoisotopic (exact) mass is 268 g/mol. The second-order valence-corrected chi connectivity index (χ2v) is 4.03. The van der Waals surface area contributed by atoms with E-state index in [2.05, 4.69) is 5.32 Å². The summed E-state index contributed by atoms with van der Waals surface area (Å²) in [5.74, 6) is -1.14. The SMILES string of the molecule is CCOc1cc(NCC(C)C(=O)O)cc([N+](=O)[O-])c1. The number of rotatable bonds is 7. The van der Waals surface area contributed by atoms with Crippen molar-refractivity contribution in [3.05, 3.63) is 28.3 Å². The van der Waals surface area contributed by atoms with E-state index in [1.54, 1.807) is 19.9 Å². The minimum atomic E-state index is -0.928. The molecule has 1 unspecified atom stereocenters. The molecule has 0 saturated heterocycles. The zero-order chi connectivity index (χ0) is 14.4. The van der Waals surface area contributed by atoms with Crippen LogP contribution in [-0.2, 0) is 4.79 Å². The highest BCUT2D eigenvalue weighted by Gasteiger charge is 2.13. The summed E-state index contributed by atoms with van der Waals surface area (Å²) in [5.41, 5.74) is 0.363. The third-order valence-corrected chi connectivity index (χ3v) is 2.45. The number of anilines is 1. The first-order valence-electron chi connectivity index (χ1n) is 5.83. The minimum Gasteiger partial charge on any atom is -0.494 e. The molecule has 0 aromatic heterocycles. The van der Waals surface area contributed by atoms with Crippen molar-refractivity contribution in [2.45, 2.75) is 13.8 Å². The van der Waals surface area contributed by atoms with Gasteiger partial charge in [-0.1, -0.05) is 6.92 Å². The predicted molar refractivity (Wildman–Crippen MR) is 69.6 cm³/mol. The van der Waals surface area contributed by atoms with Gasteiger partial charge in [0.25, 0.3) is 5.69 Å². The molecular weight excluding hydrogens is 252 g/mol. The molecule has 104 valence electrons. The average Bonchev–Trinajstić information content (AvgIpc) is 2.35. The van der Waals surface area contributed by atoms with Crippen LogP contribution in [0.25, 0.3) is 0 Å². The maximum Gasteiger partial charge on any atom is 0.308 e. The van der Waals surface area contributed by atoms with Crippen molar-refractivity contribution in [3.8, 4) is 5.75 Å². The van der Waals surface area contributed by atoms with Crippen molar-refractivity contribution in [1.29, 1.82) is 0 Å². The normalized spacial score (nSPS) is 11.7. The van der Waals surface area contributed by atoms with E-state index in [0.717, 1.165) is 0 Å². The van der Waals surface area contributed by atoms with Crippen LogP contribution in [0.3, 0.4) is 0 Å². The van der Waals surface area contributed by atoms with Gasteiger partial charge in [0.1, 0.15) is 5.75 Å². The molecule has 7 nitrogen and oxygen atoms in total. The summed E-state index contributed by atoms with van der Waals surface area (Å²) in [5, 5.41) is 22.4. The van der Waals surface area contributed by atoms with Gasteiger partial charge in [-0.3, -0.25) is 14.9 Å².